The van der Waals surface area contributed by atoms with E-state index in [0.29, 0.717) is 31.9 Å². The first-order chi connectivity index (χ1) is 19.9. The van der Waals surface area contributed by atoms with Crippen LogP contribution in [0.1, 0.15) is 73.4 Å². The number of aryl methyl sites for hydroxylation is 2. The van der Waals surface area contributed by atoms with Crippen molar-refractivity contribution in [1.29, 1.82) is 0 Å². The third kappa shape index (κ3) is 6.48. The highest BCUT2D eigenvalue weighted by atomic mass is 16.5. The van der Waals surface area contributed by atoms with E-state index in [9.17, 15) is 9.59 Å². The molecule has 8 nitrogen and oxygen atoms in total. The largest absolute Gasteiger partial charge is 0.497 e. The Labute approximate surface area is 242 Å². The van der Waals surface area contributed by atoms with E-state index >= 15 is 0 Å². The molecule has 8 heteroatoms. The summed E-state index contributed by atoms with van der Waals surface area (Å²) in [6.45, 7) is 3.38. The van der Waals surface area contributed by atoms with Gasteiger partial charge in [0.2, 0.25) is 11.8 Å². The van der Waals surface area contributed by atoms with Crippen LogP contribution in [0, 0.1) is 12.8 Å². The van der Waals surface area contributed by atoms with Crippen LogP contribution in [-0.4, -0.2) is 46.5 Å². The molecular weight excluding hydrogens is 516 g/mol. The van der Waals surface area contributed by atoms with Crippen LogP contribution in [0.15, 0.2) is 61.1 Å². The zero-order valence-corrected chi connectivity index (χ0v) is 24.3. The van der Waals surface area contributed by atoms with E-state index in [-0.39, 0.29) is 18.2 Å². The van der Waals surface area contributed by atoms with Crippen molar-refractivity contribution in [2.75, 3.05) is 20.3 Å². The van der Waals surface area contributed by atoms with Crippen LogP contribution in [0.25, 0.3) is 0 Å². The van der Waals surface area contributed by atoms with Gasteiger partial charge in [0, 0.05) is 37.6 Å². The van der Waals surface area contributed by atoms with Crippen LogP contribution in [0.5, 0.6) is 5.75 Å². The van der Waals surface area contributed by atoms with Crippen LogP contribution in [0.3, 0.4) is 0 Å². The first-order valence-electron chi connectivity index (χ1n) is 14.8. The summed E-state index contributed by atoms with van der Waals surface area (Å²) in [5, 5.41) is 0. The molecule has 0 unspecified atom stereocenters. The van der Waals surface area contributed by atoms with E-state index < -0.39 is 11.8 Å². The molecule has 1 aliphatic carbocycles. The number of nitrogens with two attached hydrogens (primary N) is 1. The Morgan fingerprint density at radius 2 is 1.85 bits per heavy atom. The Hall–Kier alpha value is -3.65. The molecule has 3 aromatic rings. The Morgan fingerprint density at radius 3 is 2.51 bits per heavy atom. The molecular formula is C33H42N4O4. The predicted molar refractivity (Wildman–Crippen MR) is 157 cm³/mol. The number of methoxy groups -OCH3 is 1. The van der Waals surface area contributed by atoms with Crippen molar-refractivity contribution >= 4 is 11.8 Å². The number of carbonyl (C=O) groups is 2. The van der Waals surface area contributed by atoms with Gasteiger partial charge in [-0.3, -0.25) is 9.59 Å². The smallest absolute Gasteiger partial charge is 0.248 e. The van der Waals surface area contributed by atoms with Crippen molar-refractivity contribution in [2.45, 2.75) is 76.5 Å². The van der Waals surface area contributed by atoms with Crippen LogP contribution in [0.2, 0.25) is 0 Å². The molecule has 41 heavy (non-hydrogen) atoms. The Morgan fingerprint density at radius 1 is 1.10 bits per heavy atom. The van der Waals surface area contributed by atoms with Gasteiger partial charge in [-0.1, -0.05) is 55.7 Å². The Bertz CT molecular complexity index is 1330. The molecule has 0 bridgehead atoms. The van der Waals surface area contributed by atoms with E-state index in [0.717, 1.165) is 34.6 Å². The van der Waals surface area contributed by atoms with Gasteiger partial charge < -0.3 is 24.7 Å². The molecule has 2 aromatic carbocycles. The normalized spacial score (nSPS) is 19.9. The first kappa shape index (κ1) is 28.9. The van der Waals surface area contributed by atoms with Crippen molar-refractivity contribution in [2.24, 2.45) is 11.7 Å². The molecule has 2 N–H and O–H groups in total. The summed E-state index contributed by atoms with van der Waals surface area (Å²) in [5.41, 5.74) is 8.52. The van der Waals surface area contributed by atoms with Gasteiger partial charge in [-0.05, 0) is 55.4 Å². The number of imidazole rings is 1. The lowest BCUT2D eigenvalue weighted by Crippen LogP contribution is -2.63. The number of rotatable bonds is 12. The summed E-state index contributed by atoms with van der Waals surface area (Å²) < 4.78 is 14.1. The van der Waals surface area contributed by atoms with Crippen LogP contribution in [-0.2, 0) is 32.9 Å². The summed E-state index contributed by atoms with van der Waals surface area (Å²) >= 11 is 0. The third-order valence-electron chi connectivity index (χ3n) is 8.74. The molecule has 2 aliphatic rings. The summed E-state index contributed by atoms with van der Waals surface area (Å²) in [6.07, 6.45) is 11.6. The maximum absolute atomic E-state index is 14.6. The van der Waals surface area contributed by atoms with Crippen molar-refractivity contribution in [3.63, 3.8) is 0 Å². The molecule has 2 atom stereocenters. The maximum atomic E-state index is 14.6. The number of nitrogens with zero attached hydrogens (tertiary/aromatic N) is 3. The number of hydrogen-bond acceptors (Lipinski definition) is 5. The molecule has 2 fully saturated rings. The summed E-state index contributed by atoms with van der Waals surface area (Å²) in [6, 6.07) is 15.6. The summed E-state index contributed by atoms with van der Waals surface area (Å²) in [4.78, 5) is 32.4. The summed E-state index contributed by atoms with van der Waals surface area (Å²) in [7, 11) is 1.64. The van der Waals surface area contributed by atoms with Gasteiger partial charge in [0.1, 0.15) is 11.8 Å². The third-order valence-corrected chi connectivity index (χ3v) is 8.74. The van der Waals surface area contributed by atoms with Crippen molar-refractivity contribution in [1.82, 2.24) is 14.5 Å². The van der Waals surface area contributed by atoms with Crippen LogP contribution >= 0.6 is 0 Å². The SMILES string of the molecule is COc1ccc(C[C@H](C(=O)N2CC[C@@]2(OCC2CCCCC2)c2ccccc2C)n2cnc(CCC(N)=O)c2)cc1. The van der Waals surface area contributed by atoms with E-state index in [2.05, 4.69) is 24.0 Å². The second-order valence-corrected chi connectivity index (χ2v) is 11.5. The number of hydrogen-bond donors (Lipinski definition) is 1. The lowest BCUT2D eigenvalue weighted by atomic mass is 9.84. The first-order valence-corrected chi connectivity index (χ1v) is 14.8. The number of aromatic nitrogens is 2. The van der Waals surface area contributed by atoms with Gasteiger partial charge in [0.05, 0.1) is 25.7 Å². The molecule has 1 saturated carbocycles. The minimum absolute atomic E-state index is 0.00202. The minimum Gasteiger partial charge on any atom is -0.497 e. The number of carbonyl (C=O) groups excluding carboxylic acids is 2. The standard InChI is InChI=1S/C33H42N4O4/c1-24-8-6-7-11-29(24)33(41-22-26-9-4-3-5-10-26)18-19-37(33)32(39)30(20-25-12-15-28(40-2)16-13-25)36-21-27(35-23-36)14-17-31(34)38/h6-8,11-13,15-16,21,23,26,30H,3-5,9-10,14,17-20,22H2,1-2H3,(H2,34,38)/t30-,33-/m1/s1. The molecule has 2 heterocycles. The van der Waals surface area contributed by atoms with Gasteiger partial charge in [-0.15, -0.1) is 0 Å². The van der Waals surface area contributed by atoms with E-state index in [1.165, 1.54) is 32.1 Å². The number of benzene rings is 2. The number of ether oxygens (including phenoxy) is 2. The predicted octanol–water partition coefficient (Wildman–Crippen LogP) is 5.08. The molecule has 0 radical (unpaired) electrons. The number of likely N-dealkylation sites (tertiary alicyclic amines) is 1. The van der Waals surface area contributed by atoms with E-state index in [1.807, 2.05) is 52.1 Å². The molecule has 1 aromatic heterocycles. The fraction of sp³-hybridized carbons (Fsp3) is 0.485. The van der Waals surface area contributed by atoms with Crippen molar-refractivity contribution < 1.29 is 19.1 Å². The van der Waals surface area contributed by atoms with Crippen LogP contribution < -0.4 is 10.5 Å². The van der Waals surface area contributed by atoms with E-state index in [1.54, 1.807) is 13.4 Å². The molecule has 1 saturated heterocycles. The fourth-order valence-electron chi connectivity index (χ4n) is 6.26. The van der Waals surface area contributed by atoms with E-state index in [4.69, 9.17) is 15.2 Å². The number of primary amides is 1. The average Bonchev–Trinajstić information content (AvgIpc) is 3.45. The zero-order chi connectivity index (χ0) is 28.8. The topological polar surface area (TPSA) is 99.7 Å². The van der Waals surface area contributed by atoms with Gasteiger partial charge in [-0.25, -0.2) is 4.98 Å². The molecule has 2 amide bonds. The molecule has 1 aliphatic heterocycles. The highest BCUT2D eigenvalue weighted by molar-refractivity contribution is 5.82. The van der Waals surface area contributed by atoms with Gasteiger partial charge in [-0.2, -0.15) is 0 Å². The summed E-state index contributed by atoms with van der Waals surface area (Å²) in [5.74, 6) is 0.922. The number of amides is 2. The highest BCUT2D eigenvalue weighted by Gasteiger charge is 2.52. The van der Waals surface area contributed by atoms with Crippen molar-refractivity contribution in [3.05, 3.63) is 83.4 Å². The Balaban J connectivity index is 1.46. The average molecular weight is 559 g/mol. The second-order valence-electron chi connectivity index (χ2n) is 11.5. The monoisotopic (exact) mass is 558 g/mol. The second kappa shape index (κ2) is 12.9. The lowest BCUT2D eigenvalue weighted by Gasteiger charge is -2.54. The van der Waals surface area contributed by atoms with Gasteiger partial charge in [0.25, 0.3) is 0 Å². The molecule has 5 rings (SSSR count). The van der Waals surface area contributed by atoms with Crippen molar-refractivity contribution in [3.8, 4) is 5.75 Å². The van der Waals surface area contributed by atoms with Crippen LogP contribution in [0.4, 0.5) is 0 Å². The quantitative estimate of drug-likeness (QED) is 0.334. The zero-order valence-electron chi connectivity index (χ0n) is 24.3. The maximum Gasteiger partial charge on any atom is 0.248 e. The van der Waals surface area contributed by atoms with Gasteiger partial charge in [0.15, 0.2) is 5.72 Å². The Kier molecular flexibility index (Phi) is 9.08. The fourth-order valence-corrected chi connectivity index (χ4v) is 6.26. The molecule has 218 valence electrons. The lowest BCUT2D eigenvalue weighted by molar-refractivity contribution is -0.233. The molecule has 0 spiro atoms. The highest BCUT2D eigenvalue weighted by Crippen LogP contribution is 2.45. The minimum atomic E-state index is -0.784. The van der Waals surface area contributed by atoms with Gasteiger partial charge >= 0.3 is 0 Å².